The molecule has 0 aromatic heterocycles. The van der Waals surface area contributed by atoms with Crippen LogP contribution in [0.15, 0.2) is 0 Å². The molecule has 0 fully saturated rings. The van der Waals surface area contributed by atoms with Crippen LogP contribution < -0.4 is 59.1 Å². The standard InChI is InChI=1S/C6N4.2Na/c7-1-5(2-8)6(3-9)4-10;;/q-2;2*+1. The minimum atomic E-state index is -0.440. The molecule has 0 N–H and O–H groups in total. The van der Waals surface area contributed by atoms with E-state index in [1.165, 1.54) is 24.3 Å². The summed E-state index contributed by atoms with van der Waals surface area (Å²) in [6.07, 6.45) is 0. The molecule has 0 amide bonds. The number of rotatable bonds is 1. The van der Waals surface area contributed by atoms with Gasteiger partial charge in [-0.25, -0.2) is 21.0 Å². The fraction of sp³-hybridized carbons (Fsp3) is 0. The quantitative estimate of drug-likeness (QED) is 0.292. The normalized spacial score (nSPS) is 4.67. The van der Waals surface area contributed by atoms with Crippen LogP contribution in [-0.2, 0) is 0 Å². The SMILES string of the molecule is N#C[C-](C#N)[C-](C#N)C#N.[Na+].[Na+]. The van der Waals surface area contributed by atoms with Crippen molar-refractivity contribution in [2.24, 2.45) is 0 Å². The summed E-state index contributed by atoms with van der Waals surface area (Å²) in [6.45, 7) is 0. The Balaban J connectivity index is -0.000000405. The molecule has 6 heteroatoms. The fourth-order valence-corrected chi connectivity index (χ4v) is 0.274. The van der Waals surface area contributed by atoms with Crippen LogP contribution >= 0.6 is 0 Å². The topological polar surface area (TPSA) is 95.2 Å². The third kappa shape index (κ3) is 5.36. The molecular formula is C6N4Na2. The molecule has 0 saturated carbocycles. The number of nitriles is 4. The predicted octanol–water partition coefficient (Wildman–Crippen LogP) is -5.76. The van der Waals surface area contributed by atoms with Crippen molar-refractivity contribution in [3.05, 3.63) is 11.8 Å². The van der Waals surface area contributed by atoms with Crippen molar-refractivity contribution in [1.29, 1.82) is 21.0 Å². The molecule has 0 atom stereocenters. The van der Waals surface area contributed by atoms with Crippen LogP contribution in [0.2, 0.25) is 0 Å². The Hall–Kier alpha value is -0.300. The van der Waals surface area contributed by atoms with Gasteiger partial charge >= 0.3 is 59.1 Å². The van der Waals surface area contributed by atoms with Crippen LogP contribution in [0.3, 0.4) is 0 Å². The Kier molecular flexibility index (Phi) is 15.8. The molecule has 0 radical (unpaired) electrons. The monoisotopic (exact) mass is 174 g/mol. The van der Waals surface area contributed by atoms with E-state index in [9.17, 15) is 0 Å². The predicted molar refractivity (Wildman–Crippen MR) is 28.9 cm³/mol. The van der Waals surface area contributed by atoms with Crippen molar-refractivity contribution in [2.45, 2.75) is 0 Å². The summed E-state index contributed by atoms with van der Waals surface area (Å²) in [7, 11) is 0. The molecule has 0 spiro atoms. The van der Waals surface area contributed by atoms with Gasteiger partial charge in [0.05, 0.1) is 0 Å². The maximum Gasteiger partial charge on any atom is 1.00 e. The first-order chi connectivity index (χ1) is 4.79. The Labute approximate surface area is 115 Å². The maximum atomic E-state index is 8.13. The molecule has 46 valence electrons. The van der Waals surface area contributed by atoms with E-state index in [-0.39, 0.29) is 59.1 Å². The Morgan fingerprint density at radius 1 is 0.583 bits per heavy atom. The molecule has 0 rings (SSSR count). The van der Waals surface area contributed by atoms with Gasteiger partial charge in [-0.15, -0.1) is 24.3 Å². The fourth-order valence-electron chi connectivity index (χ4n) is 0.274. The van der Waals surface area contributed by atoms with E-state index in [4.69, 9.17) is 21.0 Å². The second-order valence-electron chi connectivity index (χ2n) is 1.20. The largest absolute Gasteiger partial charge is 1.00 e. The van der Waals surface area contributed by atoms with Crippen LogP contribution in [0.4, 0.5) is 0 Å². The molecule has 0 unspecified atom stereocenters. The second kappa shape index (κ2) is 10.7. The summed E-state index contributed by atoms with van der Waals surface area (Å²) < 4.78 is 0. The van der Waals surface area contributed by atoms with Crippen LogP contribution in [0, 0.1) is 57.2 Å². The molecule has 12 heavy (non-hydrogen) atoms. The van der Waals surface area contributed by atoms with Crippen LogP contribution in [0.5, 0.6) is 0 Å². The van der Waals surface area contributed by atoms with Crippen molar-refractivity contribution in [3.8, 4) is 24.3 Å². The summed E-state index contributed by atoms with van der Waals surface area (Å²) in [6, 6.07) is 5.71. The minimum Gasteiger partial charge on any atom is -0.299 e. The van der Waals surface area contributed by atoms with Gasteiger partial charge in [-0.2, -0.15) is 0 Å². The Morgan fingerprint density at radius 3 is 0.833 bits per heavy atom. The van der Waals surface area contributed by atoms with Crippen molar-refractivity contribution in [3.63, 3.8) is 0 Å². The molecular weight excluding hydrogens is 174 g/mol. The number of hydrogen-bond acceptors (Lipinski definition) is 4. The summed E-state index contributed by atoms with van der Waals surface area (Å²) in [4.78, 5) is 0. The zero-order valence-corrected chi connectivity index (χ0v) is 10.8. The van der Waals surface area contributed by atoms with Gasteiger partial charge in [0.25, 0.3) is 0 Å². The Morgan fingerprint density at radius 2 is 0.750 bits per heavy atom. The van der Waals surface area contributed by atoms with Gasteiger partial charge in [0.15, 0.2) is 0 Å². The van der Waals surface area contributed by atoms with Gasteiger partial charge in [0.2, 0.25) is 0 Å². The Bertz CT molecular complexity index is 216. The molecule has 0 aliphatic heterocycles. The second-order valence-corrected chi connectivity index (χ2v) is 1.20. The van der Waals surface area contributed by atoms with Crippen molar-refractivity contribution < 1.29 is 59.1 Å². The van der Waals surface area contributed by atoms with Gasteiger partial charge in [-0.05, 0) is 0 Å². The number of hydrogen-bond donors (Lipinski definition) is 0. The van der Waals surface area contributed by atoms with E-state index in [0.29, 0.717) is 0 Å². The summed E-state index contributed by atoms with van der Waals surface area (Å²) in [5, 5.41) is 32.5. The smallest absolute Gasteiger partial charge is 0.299 e. The zero-order valence-electron chi connectivity index (χ0n) is 6.79. The molecule has 0 bridgehead atoms. The first-order valence-corrected chi connectivity index (χ1v) is 2.14. The van der Waals surface area contributed by atoms with E-state index in [1.54, 1.807) is 0 Å². The van der Waals surface area contributed by atoms with E-state index in [0.717, 1.165) is 0 Å². The van der Waals surface area contributed by atoms with Crippen LogP contribution in [-0.4, -0.2) is 0 Å². The maximum absolute atomic E-state index is 8.13. The van der Waals surface area contributed by atoms with Gasteiger partial charge in [-0.1, -0.05) is 0 Å². The number of nitrogens with zero attached hydrogens (tertiary/aromatic N) is 4. The molecule has 0 aliphatic carbocycles. The van der Waals surface area contributed by atoms with Crippen LogP contribution in [0.1, 0.15) is 0 Å². The minimum absolute atomic E-state index is 0. The summed E-state index contributed by atoms with van der Waals surface area (Å²) in [5.74, 6) is -0.880. The molecule has 0 saturated heterocycles. The first kappa shape index (κ1) is 17.7. The third-order valence-electron chi connectivity index (χ3n) is 0.697. The van der Waals surface area contributed by atoms with Gasteiger partial charge in [0, 0.05) is 0 Å². The van der Waals surface area contributed by atoms with E-state index < -0.39 is 11.8 Å². The van der Waals surface area contributed by atoms with Gasteiger partial charge in [0.1, 0.15) is 0 Å². The van der Waals surface area contributed by atoms with E-state index >= 15 is 0 Å². The van der Waals surface area contributed by atoms with Crippen molar-refractivity contribution >= 4 is 0 Å². The summed E-state index contributed by atoms with van der Waals surface area (Å²) >= 11 is 0. The zero-order chi connectivity index (χ0) is 7.98. The average molecular weight is 174 g/mol. The van der Waals surface area contributed by atoms with Gasteiger partial charge < -0.3 is 0 Å². The molecule has 0 aromatic carbocycles. The third-order valence-corrected chi connectivity index (χ3v) is 0.697. The first-order valence-electron chi connectivity index (χ1n) is 2.14. The molecule has 0 aromatic rings. The van der Waals surface area contributed by atoms with Gasteiger partial charge in [-0.3, -0.25) is 11.8 Å². The molecule has 4 nitrogen and oxygen atoms in total. The van der Waals surface area contributed by atoms with Crippen LogP contribution in [0.25, 0.3) is 0 Å². The average Bonchev–Trinajstić information content (AvgIpc) is 2.00. The molecule has 0 aliphatic rings. The van der Waals surface area contributed by atoms with E-state index in [1.807, 2.05) is 0 Å². The van der Waals surface area contributed by atoms with Crippen molar-refractivity contribution in [2.75, 3.05) is 0 Å². The van der Waals surface area contributed by atoms with E-state index in [2.05, 4.69) is 0 Å². The summed E-state index contributed by atoms with van der Waals surface area (Å²) in [5.41, 5.74) is 0. The molecule has 0 heterocycles. The van der Waals surface area contributed by atoms with Crippen molar-refractivity contribution in [1.82, 2.24) is 0 Å².